The molecule has 3 aromatic rings. The number of carbonyl (C=O) groups excluding carboxylic acids is 1. The zero-order chi connectivity index (χ0) is 27.8. The van der Waals surface area contributed by atoms with E-state index in [1.54, 1.807) is 13.1 Å². The van der Waals surface area contributed by atoms with Crippen LogP contribution in [0.25, 0.3) is 28.2 Å². The van der Waals surface area contributed by atoms with Gasteiger partial charge < -0.3 is 20.9 Å². The van der Waals surface area contributed by atoms with Crippen LogP contribution in [0.15, 0.2) is 30.3 Å². The van der Waals surface area contributed by atoms with Crippen LogP contribution < -0.4 is 5.32 Å². The van der Waals surface area contributed by atoms with Crippen LogP contribution in [0.3, 0.4) is 0 Å². The number of aliphatic carboxylic acids is 1. The highest BCUT2D eigenvalue weighted by atomic mass is 35.5. The minimum absolute atomic E-state index is 0.175. The fraction of sp³-hybridized carbons (Fsp3) is 0.348. The molecule has 0 saturated carbocycles. The third-order valence-electron chi connectivity index (χ3n) is 6.04. The van der Waals surface area contributed by atoms with E-state index in [-0.39, 0.29) is 17.4 Å². The first-order chi connectivity index (χ1) is 17.8. The second-order valence-electron chi connectivity index (χ2n) is 8.75. The molecule has 1 amide bonds. The maximum atomic E-state index is 14.6. The number of carboxylic acid groups (broad SMARTS) is 1. The zero-order valence-corrected chi connectivity index (χ0v) is 20.4. The van der Waals surface area contributed by atoms with Crippen molar-refractivity contribution in [3.8, 4) is 22.5 Å². The quantitative estimate of drug-likeness (QED) is 0.465. The lowest BCUT2D eigenvalue weighted by molar-refractivity contribution is -0.188. The average molecular weight is 556 g/mol. The van der Waals surface area contributed by atoms with Gasteiger partial charge >= 0.3 is 18.1 Å². The van der Waals surface area contributed by atoms with Crippen LogP contribution in [0, 0.1) is 5.82 Å². The average Bonchev–Trinajstić information content (AvgIpc) is 3.40. The number of rotatable bonds is 4. The van der Waals surface area contributed by atoms with E-state index in [1.807, 2.05) is 18.2 Å². The highest BCUT2D eigenvalue weighted by molar-refractivity contribution is 6.31. The Morgan fingerprint density at radius 2 is 1.97 bits per heavy atom. The van der Waals surface area contributed by atoms with Crippen molar-refractivity contribution in [1.82, 2.24) is 25.5 Å². The third kappa shape index (κ3) is 5.47. The molecule has 0 bridgehead atoms. The molecular weight excluding hydrogens is 536 g/mol. The van der Waals surface area contributed by atoms with Crippen LogP contribution in [0.4, 0.5) is 17.6 Å². The molecule has 15 heteroatoms. The first-order valence-corrected chi connectivity index (χ1v) is 11.5. The minimum Gasteiger partial charge on any atom is -0.671 e. The van der Waals surface area contributed by atoms with E-state index in [9.17, 15) is 27.2 Å². The fourth-order valence-electron chi connectivity index (χ4n) is 4.04. The zero-order valence-electron chi connectivity index (χ0n) is 19.6. The summed E-state index contributed by atoms with van der Waals surface area (Å²) in [6.45, 7) is -0.908. The second-order valence-corrected chi connectivity index (χ2v) is 9.19. The molecule has 1 atom stereocenters. The molecule has 0 unspecified atom stereocenters. The summed E-state index contributed by atoms with van der Waals surface area (Å²) in [6.07, 6.45) is -3.40. The van der Waals surface area contributed by atoms with Gasteiger partial charge in [-0.15, -0.1) is 16.2 Å². The van der Waals surface area contributed by atoms with E-state index in [0.717, 1.165) is 29.5 Å². The molecule has 3 N–H and O–H groups in total. The van der Waals surface area contributed by atoms with Crippen LogP contribution >= 0.6 is 11.6 Å². The van der Waals surface area contributed by atoms with E-state index >= 15 is 0 Å². The number of amides is 1. The lowest BCUT2D eigenvalue weighted by atomic mass is 9.95. The molecule has 1 aliphatic heterocycles. The summed E-state index contributed by atoms with van der Waals surface area (Å²) >= 11 is 6.07. The first kappa shape index (κ1) is 27.4. The lowest BCUT2D eigenvalue weighted by Crippen LogP contribution is -2.68. The largest absolute Gasteiger partial charge is 0.671 e. The summed E-state index contributed by atoms with van der Waals surface area (Å²) in [5.74, 6) is -4.07. The topological polar surface area (TPSA) is 143 Å². The summed E-state index contributed by atoms with van der Waals surface area (Å²) in [7, 11) is 1.63. The van der Waals surface area contributed by atoms with E-state index in [4.69, 9.17) is 22.4 Å². The number of hydrogen-bond donors (Lipinski definition) is 2. The van der Waals surface area contributed by atoms with Crippen molar-refractivity contribution < 1.29 is 37.0 Å². The Bertz CT molecular complexity index is 1390. The number of halogens is 5. The number of ether oxygens (including phenoxy) is 1. The van der Waals surface area contributed by atoms with Gasteiger partial charge in [0.15, 0.2) is 5.54 Å². The normalized spacial score (nSPS) is 17.6. The number of benzene rings is 2. The molecule has 0 radical (unpaired) electrons. The van der Waals surface area contributed by atoms with E-state index in [0.29, 0.717) is 10.6 Å². The lowest BCUT2D eigenvalue weighted by Gasteiger charge is -2.37. The molecule has 1 aromatic heterocycles. The van der Waals surface area contributed by atoms with Gasteiger partial charge in [-0.3, -0.25) is 4.79 Å². The van der Waals surface area contributed by atoms with Crippen LogP contribution in [0.2, 0.25) is 5.02 Å². The van der Waals surface area contributed by atoms with Crippen LogP contribution in [-0.2, 0) is 27.8 Å². The number of fused-ring (bicyclic) bond motifs is 1. The smallest absolute Gasteiger partial charge is 0.471 e. The first-order valence-electron chi connectivity index (χ1n) is 11.1. The van der Waals surface area contributed by atoms with Crippen molar-refractivity contribution >= 4 is 23.5 Å². The predicted octanol–water partition coefficient (Wildman–Crippen LogP) is 3.89. The number of carboxylic acids is 1. The SMILES string of the molecule is Cn1nnc(-c2c(F)cc(Cl)cc2-c2ccc3c(c2)CC[C@@H]3[NH-])n1.O=C(NC1(C(=O)O)COC1)C(F)(F)F. The third-order valence-corrected chi connectivity index (χ3v) is 6.25. The van der Waals surface area contributed by atoms with Gasteiger partial charge in [-0.05, 0) is 40.5 Å². The van der Waals surface area contributed by atoms with Gasteiger partial charge in [0.25, 0.3) is 0 Å². The van der Waals surface area contributed by atoms with E-state index in [2.05, 4.69) is 20.1 Å². The fourth-order valence-corrected chi connectivity index (χ4v) is 4.25. The Morgan fingerprint density at radius 3 is 2.53 bits per heavy atom. The highest BCUT2D eigenvalue weighted by Gasteiger charge is 2.52. The molecule has 1 saturated heterocycles. The molecule has 2 aromatic carbocycles. The van der Waals surface area contributed by atoms with Gasteiger partial charge in [0.05, 0.1) is 25.8 Å². The van der Waals surface area contributed by atoms with Crippen LogP contribution in [0.5, 0.6) is 0 Å². The second kappa shape index (κ2) is 10.3. The van der Waals surface area contributed by atoms with Crippen LogP contribution in [-0.4, -0.2) is 62.1 Å². The van der Waals surface area contributed by atoms with Crippen molar-refractivity contribution in [1.29, 1.82) is 0 Å². The molecule has 2 heterocycles. The Kier molecular flexibility index (Phi) is 7.41. The van der Waals surface area contributed by atoms with Gasteiger partial charge in [0.1, 0.15) is 5.82 Å². The molecule has 1 fully saturated rings. The van der Waals surface area contributed by atoms with Crippen molar-refractivity contribution in [2.24, 2.45) is 7.05 Å². The van der Waals surface area contributed by atoms with Crippen molar-refractivity contribution in [2.45, 2.75) is 30.6 Å². The number of carbonyl (C=O) groups is 2. The van der Waals surface area contributed by atoms with Gasteiger partial charge in [0, 0.05) is 5.02 Å². The molecular formula is C23H20ClF4N6O4-. The maximum Gasteiger partial charge on any atom is 0.471 e. The Morgan fingerprint density at radius 1 is 1.26 bits per heavy atom. The predicted molar refractivity (Wildman–Crippen MR) is 125 cm³/mol. The van der Waals surface area contributed by atoms with Crippen molar-refractivity contribution in [3.05, 3.63) is 58.0 Å². The van der Waals surface area contributed by atoms with Crippen LogP contribution in [0.1, 0.15) is 23.6 Å². The highest BCUT2D eigenvalue weighted by Crippen LogP contribution is 2.39. The molecule has 2 aliphatic rings. The molecule has 202 valence electrons. The monoisotopic (exact) mass is 555 g/mol. The number of aryl methyl sites for hydroxylation is 2. The molecule has 5 rings (SSSR count). The van der Waals surface area contributed by atoms with E-state index < -0.39 is 42.6 Å². The summed E-state index contributed by atoms with van der Waals surface area (Å²) in [5, 5.41) is 22.1. The van der Waals surface area contributed by atoms with Gasteiger partial charge in [-0.25, -0.2) is 9.18 Å². The summed E-state index contributed by atoms with van der Waals surface area (Å²) in [5.41, 5.74) is 10.0. The number of nitrogens with zero attached hydrogens (tertiary/aromatic N) is 4. The minimum atomic E-state index is -5.09. The van der Waals surface area contributed by atoms with Gasteiger partial charge in [-0.1, -0.05) is 41.8 Å². The van der Waals surface area contributed by atoms with Crippen molar-refractivity contribution in [3.63, 3.8) is 0 Å². The van der Waals surface area contributed by atoms with Gasteiger partial charge in [-0.2, -0.15) is 18.0 Å². The number of tetrazole rings is 1. The molecule has 1 aliphatic carbocycles. The van der Waals surface area contributed by atoms with Gasteiger partial charge in [0.2, 0.25) is 5.82 Å². The number of aromatic nitrogens is 4. The maximum absolute atomic E-state index is 14.6. The Labute approximate surface area is 217 Å². The molecule has 0 spiro atoms. The molecule has 38 heavy (non-hydrogen) atoms. The number of hydrogen-bond acceptors (Lipinski definition) is 6. The molecule has 10 nitrogen and oxygen atoms in total. The summed E-state index contributed by atoms with van der Waals surface area (Å²) in [6, 6.07) is 8.65. The number of nitrogens with one attached hydrogen (secondary N) is 2. The van der Waals surface area contributed by atoms with E-state index in [1.165, 1.54) is 16.2 Å². The number of alkyl halides is 3. The standard InChI is InChI=1S/C17H14ClFN5.C6H6F3NO4/c1-24-22-17(21-23-24)16-13(7-11(18)8-14(16)19)10-2-4-12-9(6-10)3-5-15(12)20;7-6(8,9)3(11)10-5(4(12)13)1-14-2-5/h2,4,6-8,15,20H,3,5H2,1H3;1-2H2,(H,10,11)(H,12,13)/q-1;/t15-;/m0./s1. The Hall–Kier alpha value is -3.62. The Balaban J connectivity index is 0.000000206. The van der Waals surface area contributed by atoms with Crippen molar-refractivity contribution in [2.75, 3.05) is 13.2 Å². The summed E-state index contributed by atoms with van der Waals surface area (Å²) < 4.78 is 54.3. The summed E-state index contributed by atoms with van der Waals surface area (Å²) in [4.78, 5) is 22.2.